The van der Waals surface area contributed by atoms with Crippen molar-refractivity contribution in [2.75, 3.05) is 20.1 Å². The van der Waals surface area contributed by atoms with Crippen molar-refractivity contribution in [3.8, 4) is 11.1 Å². The number of pyridine rings is 2. The van der Waals surface area contributed by atoms with Gasteiger partial charge < -0.3 is 37.3 Å². The number of benzene rings is 2. The third kappa shape index (κ3) is 10.6. The average molecular weight is 845 g/mol. The minimum atomic E-state index is -0.883. The topological polar surface area (TPSA) is 184 Å². The average Bonchev–Trinajstić information content (AvgIpc) is 3.54. The third-order valence-electron chi connectivity index (χ3n) is 10.6. The lowest BCUT2D eigenvalue weighted by atomic mass is 9.99. The molecule has 0 saturated carbocycles. The lowest BCUT2D eigenvalue weighted by Crippen LogP contribution is -2.56. The number of hydrogen-bond donors (Lipinski definition) is 6. The molecule has 0 fully saturated rings. The number of amides is 3. The van der Waals surface area contributed by atoms with E-state index >= 15 is 0 Å². The number of fused-ring (bicyclic) bond motifs is 3. The number of aromatic amines is 1. The van der Waals surface area contributed by atoms with E-state index in [-0.39, 0.29) is 24.3 Å². The van der Waals surface area contributed by atoms with Crippen molar-refractivity contribution in [1.29, 1.82) is 0 Å². The molecule has 3 atom stereocenters. The van der Waals surface area contributed by atoms with Crippen LogP contribution in [0.4, 0.5) is 0 Å². The highest BCUT2D eigenvalue weighted by molar-refractivity contribution is 7.99. The van der Waals surface area contributed by atoms with Crippen molar-refractivity contribution < 1.29 is 14.4 Å². The van der Waals surface area contributed by atoms with Gasteiger partial charge in [0, 0.05) is 54.0 Å². The molecular formula is C43H51Cl2N9O3S. The van der Waals surface area contributed by atoms with Crippen LogP contribution in [0.5, 0.6) is 0 Å². The molecule has 58 heavy (non-hydrogen) atoms. The first-order valence-electron chi connectivity index (χ1n) is 19.7. The van der Waals surface area contributed by atoms with Gasteiger partial charge in [0.15, 0.2) is 0 Å². The number of halogens is 2. The number of rotatable bonds is 11. The number of aryl methyl sites for hydroxylation is 2. The van der Waals surface area contributed by atoms with E-state index in [2.05, 4.69) is 32.0 Å². The molecule has 2 aromatic carbocycles. The van der Waals surface area contributed by atoms with E-state index in [9.17, 15) is 14.4 Å². The highest BCUT2D eigenvalue weighted by Gasteiger charge is 2.34. The second kappa shape index (κ2) is 20.5. The maximum Gasteiger partial charge on any atom is 0.245 e. The summed E-state index contributed by atoms with van der Waals surface area (Å²) in [5.41, 5.74) is 18.0. The maximum atomic E-state index is 14.6. The Bertz CT molecular complexity index is 2230. The van der Waals surface area contributed by atoms with Crippen LogP contribution >= 0.6 is 35.0 Å². The van der Waals surface area contributed by atoms with Gasteiger partial charge in [0.25, 0.3) is 0 Å². The van der Waals surface area contributed by atoms with Crippen molar-refractivity contribution in [1.82, 2.24) is 35.8 Å². The van der Waals surface area contributed by atoms with E-state index in [4.69, 9.17) is 39.7 Å². The number of H-pyrrole nitrogens is 1. The van der Waals surface area contributed by atoms with Crippen molar-refractivity contribution in [3.63, 3.8) is 0 Å². The monoisotopic (exact) mass is 843 g/mol. The van der Waals surface area contributed by atoms with Crippen LogP contribution in [0, 0.1) is 6.92 Å². The fourth-order valence-electron chi connectivity index (χ4n) is 7.43. The van der Waals surface area contributed by atoms with E-state index in [1.807, 2.05) is 55.5 Å². The second-order valence-electron chi connectivity index (χ2n) is 14.6. The number of nitrogens with two attached hydrogens (primary N) is 2. The molecule has 0 unspecified atom stereocenters. The van der Waals surface area contributed by atoms with Gasteiger partial charge in [-0.25, -0.2) is 9.97 Å². The fraction of sp³-hybridized carbons (Fsp3) is 0.372. The number of para-hydroxylation sites is 1. The zero-order chi connectivity index (χ0) is 41.2. The van der Waals surface area contributed by atoms with Crippen LogP contribution in [0.15, 0.2) is 83.0 Å². The Hall–Kier alpha value is -4.50. The highest BCUT2D eigenvalue weighted by atomic mass is 35.5. The molecule has 8 N–H and O–H groups in total. The number of hydrogen-bond acceptors (Lipinski definition) is 9. The molecule has 0 aliphatic carbocycles. The summed E-state index contributed by atoms with van der Waals surface area (Å²) in [6.07, 6.45) is 6.90. The van der Waals surface area contributed by atoms with Gasteiger partial charge in [0.2, 0.25) is 17.7 Å². The van der Waals surface area contributed by atoms with Gasteiger partial charge in [-0.1, -0.05) is 59.2 Å². The summed E-state index contributed by atoms with van der Waals surface area (Å²) in [4.78, 5) is 57.8. The normalized spacial score (nSPS) is 18.3. The summed E-state index contributed by atoms with van der Waals surface area (Å²) in [5.74, 6) is -1.01. The number of likely N-dealkylation sites (N-methyl/N-ethyl adjacent to an activating group) is 1. The van der Waals surface area contributed by atoms with Gasteiger partial charge in [-0.2, -0.15) is 0 Å². The third-order valence-corrected chi connectivity index (χ3v) is 12.5. The quantitative estimate of drug-likeness (QED) is 0.0657. The summed E-state index contributed by atoms with van der Waals surface area (Å²) in [6.45, 7) is 3.29. The Morgan fingerprint density at radius 2 is 1.62 bits per heavy atom. The van der Waals surface area contributed by atoms with Gasteiger partial charge >= 0.3 is 0 Å². The predicted molar refractivity (Wildman–Crippen MR) is 232 cm³/mol. The van der Waals surface area contributed by atoms with E-state index in [1.54, 1.807) is 25.5 Å². The first-order valence-corrected chi connectivity index (χ1v) is 21.3. The number of carbonyl (C=O) groups excluding carboxylic acids is 3. The maximum absolute atomic E-state index is 14.6. The molecule has 0 saturated heterocycles. The van der Waals surface area contributed by atoms with E-state index < -0.39 is 18.1 Å². The van der Waals surface area contributed by atoms with E-state index in [0.717, 1.165) is 44.4 Å². The van der Waals surface area contributed by atoms with Crippen molar-refractivity contribution in [3.05, 3.63) is 106 Å². The van der Waals surface area contributed by atoms with Crippen molar-refractivity contribution in [2.24, 2.45) is 11.5 Å². The molecule has 15 heteroatoms. The first kappa shape index (κ1) is 43.1. The van der Waals surface area contributed by atoms with Crippen LogP contribution in [0.25, 0.3) is 22.0 Å². The molecule has 3 aromatic heterocycles. The number of aromatic nitrogens is 3. The molecule has 1 aliphatic rings. The van der Waals surface area contributed by atoms with Gasteiger partial charge in [-0.3, -0.25) is 14.4 Å². The van der Waals surface area contributed by atoms with Crippen LogP contribution in [0.2, 0.25) is 10.2 Å². The zero-order valence-electron chi connectivity index (χ0n) is 32.8. The highest BCUT2D eigenvalue weighted by Crippen LogP contribution is 2.40. The Balaban J connectivity index is 1.43. The standard InChI is InChI=1S/C43H51Cl2N9O3S/c1-26-31(32-10-3-4-11-34(32)52-26)14-15-37-41(56)51-25-30-21-29(27-16-20-48-38(45)23-27)22-33(44)39(30)58-42-28(9-8-19-49-42)24-50-35(13-7-18-47)40(55)53-36(12-5-6-17-46)43(57)54(37)2/h3-4,8-11,16,19-23,35-37,50,52H,5-7,12-15,17-18,24-25,46-47H2,1-2H3,(H,51,56)(H,53,55)/t35-,36-,37-/m0/s1. The van der Waals surface area contributed by atoms with Crippen LogP contribution in [-0.2, 0) is 33.9 Å². The molecule has 0 spiro atoms. The van der Waals surface area contributed by atoms with Gasteiger partial charge in [0.05, 0.1) is 11.1 Å². The Morgan fingerprint density at radius 1 is 0.828 bits per heavy atom. The SMILES string of the molecule is Cc1[nH]c2ccccc2c1CC[C@H]1C(=O)NCc2cc(-c3ccnc(Cl)c3)cc(Cl)c2Sc2ncccc2CN[C@@H](CCCN)C(=O)N[C@@H](CCCCN)C(=O)N1C. The Labute approximate surface area is 353 Å². The minimum absolute atomic E-state index is 0.108. The molecule has 5 aromatic rings. The largest absolute Gasteiger partial charge is 0.358 e. The number of unbranched alkanes of at least 4 members (excludes halogenated alkanes) is 1. The molecule has 4 heterocycles. The molecule has 3 amide bonds. The molecule has 0 radical (unpaired) electrons. The zero-order valence-corrected chi connectivity index (χ0v) is 35.2. The Morgan fingerprint density at radius 3 is 2.41 bits per heavy atom. The van der Waals surface area contributed by atoms with E-state index in [0.29, 0.717) is 84.7 Å². The smallest absolute Gasteiger partial charge is 0.245 e. The minimum Gasteiger partial charge on any atom is -0.358 e. The molecular weight excluding hydrogens is 794 g/mol. The van der Waals surface area contributed by atoms with Crippen LogP contribution in [0.1, 0.15) is 60.9 Å². The molecule has 306 valence electrons. The van der Waals surface area contributed by atoms with Gasteiger partial charge in [-0.15, -0.1) is 0 Å². The lowest BCUT2D eigenvalue weighted by molar-refractivity contribution is -0.142. The molecule has 0 bridgehead atoms. The van der Waals surface area contributed by atoms with E-state index in [1.165, 1.54) is 16.7 Å². The molecule has 12 nitrogen and oxygen atoms in total. The Kier molecular flexibility index (Phi) is 15.2. The van der Waals surface area contributed by atoms with Crippen molar-refractivity contribution >= 4 is 63.6 Å². The predicted octanol–water partition coefficient (Wildman–Crippen LogP) is 6.29. The lowest BCUT2D eigenvalue weighted by Gasteiger charge is -2.32. The van der Waals surface area contributed by atoms with Gasteiger partial charge in [0.1, 0.15) is 22.3 Å². The van der Waals surface area contributed by atoms with Crippen LogP contribution in [-0.4, -0.2) is 75.8 Å². The number of nitrogens with zero attached hydrogens (tertiary/aromatic N) is 3. The first-order chi connectivity index (χ1) is 28.1. The summed E-state index contributed by atoms with van der Waals surface area (Å²) < 4.78 is 0. The number of nitrogens with one attached hydrogen (secondary N) is 4. The number of carbonyl (C=O) groups is 3. The van der Waals surface area contributed by atoms with Crippen LogP contribution in [0.3, 0.4) is 0 Å². The summed E-state index contributed by atoms with van der Waals surface area (Å²) in [6, 6.07) is 16.9. The van der Waals surface area contributed by atoms with Crippen LogP contribution < -0.4 is 27.4 Å². The molecule has 1 aliphatic heterocycles. The summed E-state index contributed by atoms with van der Waals surface area (Å²) in [5, 5.41) is 12.2. The fourth-order valence-corrected chi connectivity index (χ4v) is 8.96. The molecule has 6 rings (SSSR count). The summed E-state index contributed by atoms with van der Waals surface area (Å²) in [7, 11) is 1.64. The van der Waals surface area contributed by atoms with Crippen molar-refractivity contribution in [2.45, 2.75) is 93.0 Å². The van der Waals surface area contributed by atoms with Gasteiger partial charge in [-0.05, 0) is 129 Å². The second-order valence-corrected chi connectivity index (χ2v) is 16.4. The summed E-state index contributed by atoms with van der Waals surface area (Å²) >= 11 is 14.8.